The second-order valence-electron chi connectivity index (χ2n) is 3.25. The van der Waals surface area contributed by atoms with Crippen molar-refractivity contribution in [2.45, 2.75) is 0 Å². The van der Waals surface area contributed by atoms with E-state index in [-0.39, 0.29) is 0 Å². The molecule has 2 nitrogen and oxygen atoms in total. The monoisotopic (exact) mass is 284 g/mol. The third kappa shape index (κ3) is 5.15. The van der Waals surface area contributed by atoms with E-state index in [1.54, 1.807) is 0 Å². The number of rotatable bonds is 10. The van der Waals surface area contributed by atoms with Crippen LogP contribution in [0, 0.1) is 0 Å². The molecule has 0 atom stereocenters. The molecule has 0 aromatic rings. The molecule has 0 fully saturated rings. The van der Waals surface area contributed by atoms with Crippen molar-refractivity contribution in [3.8, 4) is 0 Å². The molecule has 16 heavy (non-hydrogen) atoms. The molecule has 0 aliphatic rings. The molecule has 0 spiro atoms. The van der Waals surface area contributed by atoms with Crippen LogP contribution in [0.3, 0.4) is 0 Å². The van der Waals surface area contributed by atoms with Gasteiger partial charge in [-0.1, -0.05) is 0 Å². The van der Waals surface area contributed by atoms with Crippen LogP contribution in [0.4, 0.5) is 0 Å². The van der Waals surface area contributed by atoms with Crippen LogP contribution < -0.4 is 0 Å². The SMILES string of the molecule is C=CCN(CC=C)C(=[Se])N(CC=C)CC=C. The second-order valence-corrected chi connectivity index (χ2v) is 4.01. The van der Waals surface area contributed by atoms with Crippen molar-refractivity contribution in [1.82, 2.24) is 9.80 Å². The Labute approximate surface area is 107 Å². The van der Waals surface area contributed by atoms with Crippen LogP contribution in [-0.2, 0) is 0 Å². The minimum absolute atomic E-state index is 0.791. The van der Waals surface area contributed by atoms with Crippen molar-refractivity contribution in [3.63, 3.8) is 0 Å². The summed E-state index contributed by atoms with van der Waals surface area (Å²) in [7, 11) is 0. The van der Waals surface area contributed by atoms with Gasteiger partial charge in [0.2, 0.25) is 0 Å². The Morgan fingerprint density at radius 1 is 0.750 bits per heavy atom. The summed E-state index contributed by atoms with van der Waals surface area (Å²) in [6.07, 6.45) is 7.50. The summed E-state index contributed by atoms with van der Waals surface area (Å²) in [6.45, 7) is 18.2. The fourth-order valence-corrected chi connectivity index (χ4v) is 1.91. The van der Waals surface area contributed by atoms with E-state index in [9.17, 15) is 0 Å². The van der Waals surface area contributed by atoms with E-state index in [0.717, 1.165) is 30.8 Å². The van der Waals surface area contributed by atoms with E-state index in [1.165, 1.54) is 0 Å². The average Bonchev–Trinajstić information content (AvgIpc) is 2.27. The minimum atomic E-state index is 0.791. The van der Waals surface area contributed by atoms with Crippen LogP contribution in [-0.4, -0.2) is 56.2 Å². The predicted octanol–water partition coefficient (Wildman–Crippen LogP) is 1.59. The normalized spacial score (nSPS) is 9.00. The van der Waals surface area contributed by atoms with Crippen LogP contribution >= 0.6 is 0 Å². The average molecular weight is 283 g/mol. The third-order valence-corrected chi connectivity index (χ3v) is 3.02. The molecule has 0 saturated heterocycles. The molecule has 0 bridgehead atoms. The van der Waals surface area contributed by atoms with Gasteiger partial charge in [0, 0.05) is 0 Å². The Balaban J connectivity index is 4.61. The first-order valence-electron chi connectivity index (χ1n) is 5.18. The fraction of sp³-hybridized carbons (Fsp3) is 0.308. The molecule has 3 heteroatoms. The number of nitrogens with zero attached hydrogens (tertiary/aromatic N) is 2. The van der Waals surface area contributed by atoms with E-state index < -0.39 is 0 Å². The topological polar surface area (TPSA) is 6.48 Å². The zero-order valence-corrected chi connectivity index (χ0v) is 11.5. The Morgan fingerprint density at radius 2 is 1.00 bits per heavy atom. The number of hydrogen-bond acceptors (Lipinski definition) is 2. The van der Waals surface area contributed by atoms with Gasteiger partial charge in [-0.2, -0.15) is 0 Å². The first-order chi connectivity index (χ1) is 7.71. The standard InChI is InChI=1S/C13H20N2Se/c1-5-9-14(10-6-2)13(16)15(11-7-3)12-8-4/h5-8H,1-4,9-12H2. The molecule has 0 aliphatic heterocycles. The van der Waals surface area contributed by atoms with Crippen LogP contribution in [0.25, 0.3) is 0 Å². The van der Waals surface area contributed by atoms with Crippen molar-refractivity contribution in [2.75, 3.05) is 26.2 Å². The van der Waals surface area contributed by atoms with Gasteiger partial charge in [0.1, 0.15) is 0 Å². The van der Waals surface area contributed by atoms with Gasteiger partial charge in [-0.3, -0.25) is 0 Å². The zero-order chi connectivity index (χ0) is 12.4. The van der Waals surface area contributed by atoms with Crippen molar-refractivity contribution in [2.24, 2.45) is 0 Å². The van der Waals surface area contributed by atoms with E-state index in [0.29, 0.717) is 0 Å². The van der Waals surface area contributed by atoms with Crippen LogP contribution in [0.2, 0.25) is 0 Å². The van der Waals surface area contributed by atoms with E-state index in [2.05, 4.69) is 51.7 Å². The zero-order valence-electron chi connectivity index (χ0n) is 9.77. The maximum absolute atomic E-state index is 3.75. The van der Waals surface area contributed by atoms with Gasteiger partial charge in [0.25, 0.3) is 0 Å². The summed E-state index contributed by atoms with van der Waals surface area (Å²) < 4.78 is 1.07. The first-order valence-corrected chi connectivity index (χ1v) is 6.04. The summed E-state index contributed by atoms with van der Waals surface area (Å²) in [5.41, 5.74) is 0. The van der Waals surface area contributed by atoms with Gasteiger partial charge in [0.05, 0.1) is 0 Å². The third-order valence-electron chi connectivity index (χ3n) is 1.94. The predicted molar refractivity (Wildman–Crippen MR) is 74.7 cm³/mol. The maximum atomic E-state index is 3.75. The molecule has 0 aliphatic carbocycles. The summed E-state index contributed by atoms with van der Waals surface area (Å²) >= 11 is 3.09. The van der Waals surface area contributed by atoms with Gasteiger partial charge < -0.3 is 0 Å². The van der Waals surface area contributed by atoms with Gasteiger partial charge in [-0.05, 0) is 0 Å². The molecule has 0 amide bonds. The van der Waals surface area contributed by atoms with Crippen molar-refractivity contribution >= 4 is 20.2 Å². The quantitative estimate of drug-likeness (QED) is 0.444. The van der Waals surface area contributed by atoms with Gasteiger partial charge >= 0.3 is 107 Å². The molecule has 0 unspecified atom stereocenters. The molecule has 88 valence electrons. The Morgan fingerprint density at radius 3 is 1.19 bits per heavy atom. The van der Waals surface area contributed by atoms with Crippen molar-refractivity contribution in [3.05, 3.63) is 50.6 Å². The Hall–Kier alpha value is -1.05. The first kappa shape index (κ1) is 14.9. The molecule has 0 aromatic heterocycles. The molecule has 0 aromatic carbocycles. The molecule has 0 radical (unpaired) electrons. The van der Waals surface area contributed by atoms with Gasteiger partial charge in [-0.25, -0.2) is 0 Å². The van der Waals surface area contributed by atoms with Crippen molar-refractivity contribution in [1.29, 1.82) is 0 Å². The van der Waals surface area contributed by atoms with Crippen LogP contribution in [0.1, 0.15) is 0 Å². The van der Waals surface area contributed by atoms with Gasteiger partial charge in [-0.15, -0.1) is 0 Å². The molecular formula is C13H20N2Se. The summed E-state index contributed by atoms with van der Waals surface area (Å²) in [5, 5.41) is 0. The molecule has 0 rings (SSSR count). The van der Waals surface area contributed by atoms with E-state index in [1.807, 2.05) is 24.3 Å². The number of hydrogen-bond donors (Lipinski definition) is 0. The summed E-state index contributed by atoms with van der Waals surface area (Å²) in [6, 6.07) is 0. The summed E-state index contributed by atoms with van der Waals surface area (Å²) in [5.74, 6) is 0. The molecular weight excluding hydrogens is 263 g/mol. The Kier molecular flexibility index (Phi) is 8.59. The summed E-state index contributed by atoms with van der Waals surface area (Å²) in [4.78, 5) is 4.32. The fourth-order valence-electron chi connectivity index (χ4n) is 1.28. The van der Waals surface area contributed by atoms with E-state index in [4.69, 9.17) is 0 Å². The molecule has 0 heterocycles. The van der Waals surface area contributed by atoms with E-state index >= 15 is 0 Å². The Bertz CT molecular complexity index is 225. The van der Waals surface area contributed by atoms with Gasteiger partial charge in [0.15, 0.2) is 0 Å². The molecule has 0 saturated carbocycles. The second kappa shape index (κ2) is 9.20. The van der Waals surface area contributed by atoms with Crippen molar-refractivity contribution < 1.29 is 0 Å². The molecule has 0 N–H and O–H groups in total. The van der Waals surface area contributed by atoms with Crippen LogP contribution in [0.5, 0.6) is 0 Å². The van der Waals surface area contributed by atoms with Crippen LogP contribution in [0.15, 0.2) is 50.6 Å².